The van der Waals surface area contributed by atoms with E-state index in [2.05, 4.69) is 19.9 Å². The fraction of sp³-hybridized carbons (Fsp3) is 0.647. The van der Waals surface area contributed by atoms with Crippen LogP contribution in [0.1, 0.15) is 45.1 Å². The number of para-hydroxylation sites is 1. The summed E-state index contributed by atoms with van der Waals surface area (Å²) in [7, 11) is 0. The quantitative estimate of drug-likeness (QED) is 0.872. The lowest BCUT2D eigenvalue weighted by Gasteiger charge is -2.54. The monoisotopic (exact) mass is 275 g/mol. The van der Waals surface area contributed by atoms with E-state index in [0.29, 0.717) is 13.2 Å². The maximum Gasteiger partial charge on any atom is 0.123 e. The minimum Gasteiger partial charge on any atom is -0.493 e. The molecule has 0 bridgehead atoms. The van der Waals surface area contributed by atoms with Gasteiger partial charge >= 0.3 is 0 Å². The summed E-state index contributed by atoms with van der Waals surface area (Å²) in [4.78, 5) is 0. The molecule has 3 N–H and O–H groups in total. The summed E-state index contributed by atoms with van der Waals surface area (Å²) in [6.45, 7) is 5.45. The molecule has 0 radical (unpaired) electrons. The molecule has 3 nitrogen and oxygen atoms in total. The molecule has 1 heterocycles. The largest absolute Gasteiger partial charge is 0.493 e. The van der Waals surface area contributed by atoms with E-state index in [1.165, 1.54) is 0 Å². The van der Waals surface area contributed by atoms with Crippen LogP contribution < -0.4 is 10.5 Å². The number of aliphatic hydroxyl groups is 1. The Balaban J connectivity index is 2.19. The molecule has 1 fully saturated rings. The molecule has 0 aromatic heterocycles. The minimum absolute atomic E-state index is 0.114. The highest BCUT2D eigenvalue weighted by molar-refractivity contribution is 5.45. The highest BCUT2D eigenvalue weighted by atomic mass is 16.5. The zero-order valence-corrected chi connectivity index (χ0v) is 12.5. The normalized spacial score (nSPS) is 35.4. The van der Waals surface area contributed by atoms with Crippen molar-refractivity contribution in [2.24, 2.45) is 11.1 Å². The molecular formula is C17H25NO2. The first-order valence-corrected chi connectivity index (χ1v) is 7.62. The van der Waals surface area contributed by atoms with Crippen LogP contribution in [-0.4, -0.2) is 23.9 Å². The molecular weight excluding hydrogens is 250 g/mol. The molecule has 2 atom stereocenters. The molecule has 3 rings (SSSR count). The Labute approximate surface area is 121 Å². The number of nitrogens with two attached hydrogens (primary N) is 1. The molecule has 110 valence electrons. The van der Waals surface area contributed by atoms with Crippen molar-refractivity contribution in [3.8, 4) is 5.75 Å². The predicted molar refractivity (Wildman–Crippen MR) is 79.9 cm³/mol. The Morgan fingerprint density at radius 1 is 1.20 bits per heavy atom. The highest BCUT2D eigenvalue weighted by Gasteiger charge is 2.61. The van der Waals surface area contributed by atoms with Crippen LogP contribution in [-0.2, 0) is 5.41 Å². The van der Waals surface area contributed by atoms with Crippen molar-refractivity contribution in [2.75, 3.05) is 13.2 Å². The third-order valence-corrected chi connectivity index (χ3v) is 5.79. The van der Waals surface area contributed by atoms with Crippen molar-refractivity contribution < 1.29 is 9.84 Å². The van der Waals surface area contributed by atoms with Crippen molar-refractivity contribution in [2.45, 2.75) is 50.5 Å². The van der Waals surface area contributed by atoms with Crippen LogP contribution >= 0.6 is 0 Å². The molecule has 1 aliphatic heterocycles. The van der Waals surface area contributed by atoms with Crippen LogP contribution in [0.2, 0.25) is 0 Å². The number of hydrogen-bond acceptors (Lipinski definition) is 3. The van der Waals surface area contributed by atoms with Gasteiger partial charge in [0.05, 0.1) is 12.2 Å². The molecule has 1 aliphatic carbocycles. The summed E-state index contributed by atoms with van der Waals surface area (Å²) in [6.07, 6.45) is 3.73. The molecule has 2 unspecified atom stereocenters. The molecule has 0 saturated heterocycles. The SMILES string of the molecule is CC1(C)CCCC1(O)C1(CN)CCOc2ccccc21. The van der Waals surface area contributed by atoms with E-state index < -0.39 is 5.60 Å². The van der Waals surface area contributed by atoms with Gasteiger partial charge in [0.2, 0.25) is 0 Å². The maximum absolute atomic E-state index is 11.6. The van der Waals surface area contributed by atoms with Crippen LogP contribution in [0.4, 0.5) is 0 Å². The van der Waals surface area contributed by atoms with E-state index >= 15 is 0 Å². The summed E-state index contributed by atoms with van der Waals surface area (Å²) in [5, 5.41) is 11.6. The first-order chi connectivity index (χ1) is 9.47. The summed E-state index contributed by atoms with van der Waals surface area (Å²) in [6, 6.07) is 8.07. The Hall–Kier alpha value is -1.06. The molecule has 3 heteroatoms. The Kier molecular flexibility index (Phi) is 3.11. The number of hydrogen-bond donors (Lipinski definition) is 2. The van der Waals surface area contributed by atoms with Crippen molar-refractivity contribution in [3.05, 3.63) is 29.8 Å². The second-order valence-corrected chi connectivity index (χ2v) is 6.98. The lowest BCUT2D eigenvalue weighted by Crippen LogP contribution is -2.62. The molecule has 2 aliphatic rings. The van der Waals surface area contributed by atoms with Gasteiger partial charge in [-0.25, -0.2) is 0 Å². The Morgan fingerprint density at radius 2 is 1.95 bits per heavy atom. The van der Waals surface area contributed by atoms with Gasteiger partial charge in [-0.2, -0.15) is 0 Å². The predicted octanol–water partition coefficient (Wildman–Crippen LogP) is 2.61. The fourth-order valence-corrected chi connectivity index (χ4v) is 4.49. The standard InChI is InChI=1S/C17H25NO2/c1-15(2)8-5-9-17(15,19)16(12-18)10-11-20-14-7-4-3-6-13(14)16/h3-4,6-7,19H,5,8-12,18H2,1-2H3. The number of ether oxygens (including phenoxy) is 1. The first kappa shape index (κ1) is 13.9. The smallest absolute Gasteiger partial charge is 0.123 e. The first-order valence-electron chi connectivity index (χ1n) is 7.62. The van der Waals surface area contributed by atoms with Gasteiger partial charge in [-0.3, -0.25) is 0 Å². The number of benzene rings is 1. The average Bonchev–Trinajstić information content (AvgIpc) is 2.73. The van der Waals surface area contributed by atoms with Crippen LogP contribution in [0.15, 0.2) is 24.3 Å². The van der Waals surface area contributed by atoms with E-state index in [0.717, 1.165) is 37.0 Å². The number of rotatable bonds is 2. The highest BCUT2D eigenvalue weighted by Crippen LogP contribution is 2.58. The van der Waals surface area contributed by atoms with E-state index in [-0.39, 0.29) is 10.8 Å². The van der Waals surface area contributed by atoms with Crippen molar-refractivity contribution >= 4 is 0 Å². The van der Waals surface area contributed by atoms with Gasteiger partial charge in [-0.15, -0.1) is 0 Å². The van der Waals surface area contributed by atoms with Gasteiger partial charge in [0.25, 0.3) is 0 Å². The Bertz CT molecular complexity index is 513. The van der Waals surface area contributed by atoms with Crippen molar-refractivity contribution in [1.29, 1.82) is 0 Å². The van der Waals surface area contributed by atoms with E-state index in [1.54, 1.807) is 0 Å². The Morgan fingerprint density at radius 3 is 2.60 bits per heavy atom. The second kappa shape index (κ2) is 4.47. The van der Waals surface area contributed by atoms with E-state index in [9.17, 15) is 5.11 Å². The van der Waals surface area contributed by atoms with E-state index in [4.69, 9.17) is 10.5 Å². The lowest BCUT2D eigenvalue weighted by atomic mass is 9.56. The number of fused-ring (bicyclic) bond motifs is 1. The molecule has 0 spiro atoms. The average molecular weight is 275 g/mol. The van der Waals surface area contributed by atoms with Gasteiger partial charge in [0.15, 0.2) is 0 Å². The van der Waals surface area contributed by atoms with Crippen molar-refractivity contribution in [1.82, 2.24) is 0 Å². The summed E-state index contributed by atoms with van der Waals surface area (Å²) < 4.78 is 5.79. The van der Waals surface area contributed by atoms with Gasteiger partial charge in [0.1, 0.15) is 5.75 Å². The maximum atomic E-state index is 11.6. The van der Waals surface area contributed by atoms with Crippen LogP contribution in [0.25, 0.3) is 0 Å². The molecule has 1 aromatic carbocycles. The summed E-state index contributed by atoms with van der Waals surface area (Å²) in [5.74, 6) is 0.889. The summed E-state index contributed by atoms with van der Waals surface area (Å²) >= 11 is 0. The topological polar surface area (TPSA) is 55.5 Å². The molecule has 20 heavy (non-hydrogen) atoms. The fourth-order valence-electron chi connectivity index (χ4n) is 4.49. The second-order valence-electron chi connectivity index (χ2n) is 6.98. The van der Waals surface area contributed by atoms with E-state index in [1.807, 2.05) is 18.2 Å². The van der Waals surface area contributed by atoms with Gasteiger partial charge in [-0.1, -0.05) is 32.0 Å². The van der Waals surface area contributed by atoms with Gasteiger partial charge in [-0.05, 0) is 37.2 Å². The zero-order valence-electron chi connectivity index (χ0n) is 12.5. The van der Waals surface area contributed by atoms with Crippen LogP contribution in [0.3, 0.4) is 0 Å². The molecule has 0 amide bonds. The van der Waals surface area contributed by atoms with Crippen LogP contribution in [0, 0.1) is 5.41 Å². The molecule has 1 aromatic rings. The zero-order chi connectivity index (χ0) is 14.4. The van der Waals surface area contributed by atoms with Gasteiger partial charge < -0.3 is 15.6 Å². The third kappa shape index (κ3) is 1.60. The van der Waals surface area contributed by atoms with Crippen molar-refractivity contribution in [3.63, 3.8) is 0 Å². The lowest BCUT2D eigenvalue weighted by molar-refractivity contribution is -0.116. The van der Waals surface area contributed by atoms with Gasteiger partial charge in [0, 0.05) is 17.5 Å². The molecule has 1 saturated carbocycles. The minimum atomic E-state index is -0.755. The third-order valence-electron chi connectivity index (χ3n) is 5.79. The van der Waals surface area contributed by atoms with Crippen LogP contribution in [0.5, 0.6) is 5.75 Å². The summed E-state index contributed by atoms with van der Waals surface area (Å²) in [5.41, 5.74) is 6.06.